The first kappa shape index (κ1) is 15.5. The van der Waals surface area contributed by atoms with Crippen LogP contribution in [0.4, 0.5) is 11.6 Å². The van der Waals surface area contributed by atoms with Crippen LogP contribution in [0.15, 0.2) is 12.4 Å². The van der Waals surface area contributed by atoms with E-state index in [0.29, 0.717) is 6.04 Å². The Morgan fingerprint density at radius 2 is 2.09 bits per heavy atom. The van der Waals surface area contributed by atoms with Crippen molar-refractivity contribution < 1.29 is 4.74 Å². The highest BCUT2D eigenvalue weighted by Gasteiger charge is 2.23. The highest BCUT2D eigenvalue weighted by molar-refractivity contribution is 5.47. The van der Waals surface area contributed by atoms with Crippen LogP contribution in [0.1, 0.15) is 19.3 Å². The summed E-state index contributed by atoms with van der Waals surface area (Å²) >= 11 is 0. The predicted molar refractivity (Wildman–Crippen MR) is 88.4 cm³/mol. The summed E-state index contributed by atoms with van der Waals surface area (Å²) in [5, 5.41) is 3.56. The number of rotatable bonds is 5. The van der Waals surface area contributed by atoms with Gasteiger partial charge in [-0.15, -0.1) is 0 Å². The van der Waals surface area contributed by atoms with Crippen molar-refractivity contribution >= 4 is 11.6 Å². The fourth-order valence-electron chi connectivity index (χ4n) is 3.23. The van der Waals surface area contributed by atoms with Gasteiger partial charge in [-0.3, -0.25) is 0 Å². The molecule has 122 valence electrons. The number of hydrogen-bond acceptors (Lipinski definition) is 6. The maximum Gasteiger partial charge on any atom is 0.133 e. The van der Waals surface area contributed by atoms with Crippen LogP contribution < -0.4 is 10.2 Å². The van der Waals surface area contributed by atoms with E-state index in [4.69, 9.17) is 4.74 Å². The van der Waals surface area contributed by atoms with Crippen molar-refractivity contribution in [3.05, 3.63) is 12.4 Å². The number of anilines is 2. The molecule has 3 rings (SSSR count). The van der Waals surface area contributed by atoms with Gasteiger partial charge in [0.1, 0.15) is 18.0 Å². The lowest BCUT2D eigenvalue weighted by Crippen LogP contribution is -2.41. The smallest absolute Gasteiger partial charge is 0.133 e. The molecule has 1 unspecified atom stereocenters. The van der Waals surface area contributed by atoms with Crippen molar-refractivity contribution in [2.75, 3.05) is 57.2 Å². The van der Waals surface area contributed by atoms with Gasteiger partial charge in [0.2, 0.25) is 0 Å². The molecule has 0 spiro atoms. The Bertz CT molecular complexity index is 467. The van der Waals surface area contributed by atoms with Gasteiger partial charge in [-0.05, 0) is 25.2 Å². The van der Waals surface area contributed by atoms with Gasteiger partial charge < -0.3 is 19.9 Å². The SMILES string of the molecule is CN(C)c1cc(NC2CCN(CC3CCOC3)CC2)ncn1. The minimum absolute atomic E-state index is 0.515. The van der Waals surface area contributed by atoms with E-state index in [0.717, 1.165) is 30.8 Å². The lowest BCUT2D eigenvalue weighted by Gasteiger charge is -2.33. The van der Waals surface area contributed by atoms with E-state index in [1.807, 2.05) is 25.1 Å². The summed E-state index contributed by atoms with van der Waals surface area (Å²) in [6.45, 7) is 5.43. The molecular formula is C16H27N5O. The third-order valence-electron chi connectivity index (χ3n) is 4.59. The number of nitrogens with zero attached hydrogens (tertiary/aromatic N) is 4. The third kappa shape index (κ3) is 4.08. The largest absolute Gasteiger partial charge is 0.381 e. The quantitative estimate of drug-likeness (QED) is 0.889. The molecule has 1 aromatic heterocycles. The minimum Gasteiger partial charge on any atom is -0.381 e. The van der Waals surface area contributed by atoms with Gasteiger partial charge in [0.15, 0.2) is 0 Å². The average molecular weight is 305 g/mol. The molecule has 1 atom stereocenters. The molecule has 2 aliphatic heterocycles. The monoisotopic (exact) mass is 305 g/mol. The topological polar surface area (TPSA) is 53.5 Å². The molecule has 0 bridgehead atoms. The summed E-state index contributed by atoms with van der Waals surface area (Å²) in [5.41, 5.74) is 0. The van der Waals surface area contributed by atoms with Crippen LogP contribution in [0, 0.1) is 5.92 Å². The maximum absolute atomic E-state index is 5.47. The highest BCUT2D eigenvalue weighted by Crippen LogP contribution is 2.20. The van der Waals surface area contributed by atoms with Crippen molar-refractivity contribution in [1.29, 1.82) is 0 Å². The van der Waals surface area contributed by atoms with Gasteiger partial charge in [-0.2, -0.15) is 0 Å². The summed E-state index contributed by atoms with van der Waals surface area (Å²) in [4.78, 5) is 13.2. The first-order chi connectivity index (χ1) is 10.7. The second kappa shape index (κ2) is 7.24. The Morgan fingerprint density at radius 3 is 2.77 bits per heavy atom. The Hall–Kier alpha value is -1.40. The van der Waals surface area contributed by atoms with Crippen LogP contribution in [-0.4, -0.2) is 67.9 Å². The summed E-state index contributed by atoms with van der Waals surface area (Å²) in [7, 11) is 3.99. The summed E-state index contributed by atoms with van der Waals surface area (Å²) in [6.07, 6.45) is 5.21. The fourth-order valence-corrected chi connectivity index (χ4v) is 3.23. The van der Waals surface area contributed by atoms with Crippen molar-refractivity contribution in [1.82, 2.24) is 14.9 Å². The Balaban J connectivity index is 1.46. The first-order valence-corrected chi connectivity index (χ1v) is 8.26. The zero-order valence-corrected chi connectivity index (χ0v) is 13.7. The Kier molecular flexibility index (Phi) is 5.10. The van der Waals surface area contributed by atoms with Gasteiger partial charge in [0.05, 0.1) is 6.61 Å². The molecule has 6 heteroatoms. The first-order valence-electron chi connectivity index (χ1n) is 8.26. The molecular weight excluding hydrogens is 278 g/mol. The second-order valence-corrected chi connectivity index (χ2v) is 6.60. The van der Waals surface area contributed by atoms with Gasteiger partial charge in [-0.1, -0.05) is 0 Å². The molecule has 0 aromatic carbocycles. The molecule has 3 heterocycles. The van der Waals surface area contributed by atoms with Gasteiger partial charge in [0, 0.05) is 52.4 Å². The van der Waals surface area contributed by atoms with E-state index >= 15 is 0 Å². The summed E-state index contributed by atoms with van der Waals surface area (Å²) < 4.78 is 5.47. The molecule has 2 fully saturated rings. The van der Waals surface area contributed by atoms with E-state index in [-0.39, 0.29) is 0 Å². The van der Waals surface area contributed by atoms with Crippen molar-refractivity contribution in [2.24, 2.45) is 5.92 Å². The number of nitrogens with one attached hydrogen (secondary N) is 1. The summed E-state index contributed by atoms with van der Waals surface area (Å²) in [5.74, 6) is 2.62. The molecule has 1 aromatic rings. The Labute approximate surface area is 132 Å². The van der Waals surface area contributed by atoms with Crippen LogP contribution >= 0.6 is 0 Å². The zero-order valence-electron chi connectivity index (χ0n) is 13.7. The van der Waals surface area contributed by atoms with E-state index in [1.165, 1.54) is 38.9 Å². The average Bonchev–Trinajstić information content (AvgIpc) is 3.02. The standard InChI is InChI=1S/C16H27N5O/c1-20(2)16-9-15(17-12-18-16)19-14-3-6-21(7-4-14)10-13-5-8-22-11-13/h9,12-14H,3-8,10-11H2,1-2H3,(H,17,18,19). The van der Waals surface area contributed by atoms with Crippen LogP contribution in [0.2, 0.25) is 0 Å². The van der Waals surface area contributed by atoms with E-state index in [9.17, 15) is 0 Å². The summed E-state index contributed by atoms with van der Waals surface area (Å²) in [6, 6.07) is 2.53. The molecule has 2 saturated heterocycles. The van der Waals surface area contributed by atoms with Crippen molar-refractivity contribution in [3.8, 4) is 0 Å². The van der Waals surface area contributed by atoms with Gasteiger partial charge in [-0.25, -0.2) is 9.97 Å². The van der Waals surface area contributed by atoms with Gasteiger partial charge in [0.25, 0.3) is 0 Å². The number of aromatic nitrogens is 2. The van der Waals surface area contributed by atoms with Crippen LogP contribution in [0.3, 0.4) is 0 Å². The molecule has 6 nitrogen and oxygen atoms in total. The van der Waals surface area contributed by atoms with Crippen LogP contribution in [0.25, 0.3) is 0 Å². The van der Waals surface area contributed by atoms with Gasteiger partial charge >= 0.3 is 0 Å². The van der Waals surface area contributed by atoms with E-state index in [2.05, 4.69) is 20.2 Å². The second-order valence-electron chi connectivity index (χ2n) is 6.60. The molecule has 22 heavy (non-hydrogen) atoms. The third-order valence-corrected chi connectivity index (χ3v) is 4.59. The predicted octanol–water partition coefficient (Wildman–Crippen LogP) is 1.46. The highest BCUT2D eigenvalue weighted by atomic mass is 16.5. The number of ether oxygens (including phenoxy) is 1. The normalized spacial score (nSPS) is 23.6. The molecule has 0 aliphatic carbocycles. The lowest BCUT2D eigenvalue weighted by molar-refractivity contribution is 0.154. The number of hydrogen-bond donors (Lipinski definition) is 1. The molecule has 0 amide bonds. The zero-order chi connectivity index (χ0) is 15.4. The lowest BCUT2D eigenvalue weighted by atomic mass is 10.0. The molecule has 0 saturated carbocycles. The number of likely N-dealkylation sites (tertiary alicyclic amines) is 1. The molecule has 0 radical (unpaired) electrons. The minimum atomic E-state index is 0.515. The van der Waals surface area contributed by atoms with E-state index in [1.54, 1.807) is 6.33 Å². The maximum atomic E-state index is 5.47. The molecule has 1 N–H and O–H groups in total. The van der Waals surface area contributed by atoms with Crippen LogP contribution in [-0.2, 0) is 4.74 Å². The van der Waals surface area contributed by atoms with Crippen LogP contribution in [0.5, 0.6) is 0 Å². The van der Waals surface area contributed by atoms with Crippen molar-refractivity contribution in [3.63, 3.8) is 0 Å². The fraction of sp³-hybridized carbons (Fsp3) is 0.750. The molecule has 2 aliphatic rings. The van der Waals surface area contributed by atoms with Crippen molar-refractivity contribution in [2.45, 2.75) is 25.3 Å². The van der Waals surface area contributed by atoms with E-state index < -0.39 is 0 Å². The Morgan fingerprint density at radius 1 is 1.27 bits per heavy atom. The number of piperidine rings is 1.